The second-order valence-electron chi connectivity index (χ2n) is 8.27. The Bertz CT molecular complexity index is 1800. The third-order valence-corrected chi connectivity index (χ3v) is 6.17. The molecule has 0 bridgehead atoms. The number of nitrogens with zero attached hydrogens (tertiary/aromatic N) is 3. The van der Waals surface area contributed by atoms with Crippen LogP contribution in [0.5, 0.6) is 5.75 Å². The number of para-hydroxylation sites is 3. The fourth-order valence-corrected chi connectivity index (χ4v) is 4.45. The highest BCUT2D eigenvalue weighted by Gasteiger charge is 2.24. The molecule has 0 atom stereocenters. The summed E-state index contributed by atoms with van der Waals surface area (Å²) in [6, 6.07) is 22.5. The van der Waals surface area contributed by atoms with Crippen LogP contribution in [0.15, 0.2) is 77.6 Å². The second kappa shape index (κ2) is 8.25. The monoisotopic (exact) mass is 463 g/mol. The molecule has 8 nitrogen and oxygen atoms in total. The first kappa shape index (κ1) is 20.9. The van der Waals surface area contributed by atoms with E-state index in [1.165, 1.54) is 0 Å². The Balaban J connectivity index is 1.48. The molecule has 1 amide bonds. The zero-order valence-corrected chi connectivity index (χ0v) is 18.9. The number of carbonyl (C=O) groups excluding carboxylic acids is 1. The molecule has 172 valence electrons. The molecule has 0 unspecified atom stereocenters. The van der Waals surface area contributed by atoms with Crippen LogP contribution in [0.1, 0.15) is 15.9 Å². The third-order valence-electron chi connectivity index (χ3n) is 6.17. The number of amides is 1. The fraction of sp³-hybridized carbons (Fsp3) is 0.111. The van der Waals surface area contributed by atoms with Crippen molar-refractivity contribution in [3.05, 3.63) is 94.3 Å². The lowest BCUT2D eigenvalue weighted by Gasteiger charge is -2.07. The van der Waals surface area contributed by atoms with Gasteiger partial charge in [-0.3, -0.25) is 14.0 Å². The molecule has 3 aromatic heterocycles. The van der Waals surface area contributed by atoms with E-state index in [9.17, 15) is 9.59 Å². The van der Waals surface area contributed by atoms with Gasteiger partial charge in [0, 0.05) is 6.54 Å². The average molecular weight is 463 g/mol. The van der Waals surface area contributed by atoms with Crippen LogP contribution in [0, 0.1) is 0 Å². The van der Waals surface area contributed by atoms with Crippen LogP contribution in [0.3, 0.4) is 0 Å². The molecular formula is C27H21N5O3. The van der Waals surface area contributed by atoms with Crippen molar-refractivity contribution in [3.8, 4) is 5.75 Å². The molecule has 0 aliphatic rings. The number of ether oxygens (including phenoxy) is 1. The summed E-state index contributed by atoms with van der Waals surface area (Å²) in [5.74, 6) is 0.466. The summed E-state index contributed by atoms with van der Waals surface area (Å²) < 4.78 is 7.01. The SMILES string of the molecule is COc1ccc(CCNC(=O)c2c3nc4ccccc4nc3n3c2[nH]c(=O)c2ccccc23)cc1. The Labute approximate surface area is 199 Å². The van der Waals surface area contributed by atoms with Crippen molar-refractivity contribution in [1.82, 2.24) is 24.7 Å². The molecule has 0 spiro atoms. The molecule has 8 heteroatoms. The number of hydrogen-bond acceptors (Lipinski definition) is 5. The number of aromatic amines is 1. The van der Waals surface area contributed by atoms with E-state index in [2.05, 4.69) is 10.3 Å². The van der Waals surface area contributed by atoms with Crippen LogP contribution in [-0.4, -0.2) is 38.9 Å². The molecule has 0 aliphatic heterocycles. The summed E-state index contributed by atoms with van der Waals surface area (Å²) in [6.45, 7) is 0.419. The number of aromatic nitrogens is 4. The normalized spacial score (nSPS) is 11.5. The predicted octanol–water partition coefficient (Wildman–Crippen LogP) is 3.86. The maximum Gasteiger partial charge on any atom is 0.258 e. The molecule has 0 aliphatic carbocycles. The van der Waals surface area contributed by atoms with E-state index in [0.29, 0.717) is 57.3 Å². The topological polar surface area (TPSA) is 101 Å². The minimum Gasteiger partial charge on any atom is -0.497 e. The van der Waals surface area contributed by atoms with Gasteiger partial charge in [0.15, 0.2) is 5.65 Å². The molecule has 0 fully saturated rings. The molecule has 0 saturated carbocycles. The minimum absolute atomic E-state index is 0.271. The molecule has 0 saturated heterocycles. The van der Waals surface area contributed by atoms with Crippen LogP contribution >= 0.6 is 0 Å². The first-order valence-electron chi connectivity index (χ1n) is 11.3. The summed E-state index contributed by atoms with van der Waals surface area (Å²) in [4.78, 5) is 38.8. The van der Waals surface area contributed by atoms with Crippen molar-refractivity contribution in [1.29, 1.82) is 0 Å². The second-order valence-corrected chi connectivity index (χ2v) is 8.27. The Morgan fingerprint density at radius 1 is 0.971 bits per heavy atom. The van der Waals surface area contributed by atoms with Crippen molar-refractivity contribution in [2.75, 3.05) is 13.7 Å². The van der Waals surface area contributed by atoms with Gasteiger partial charge in [-0.1, -0.05) is 36.4 Å². The van der Waals surface area contributed by atoms with Gasteiger partial charge >= 0.3 is 0 Å². The molecular weight excluding hydrogens is 442 g/mol. The minimum atomic E-state index is -0.318. The van der Waals surface area contributed by atoms with Gasteiger partial charge in [0.2, 0.25) is 0 Å². The number of hydrogen-bond donors (Lipinski definition) is 2. The average Bonchev–Trinajstić information content (AvgIpc) is 3.20. The van der Waals surface area contributed by atoms with E-state index in [4.69, 9.17) is 14.7 Å². The predicted molar refractivity (Wildman–Crippen MR) is 135 cm³/mol. The van der Waals surface area contributed by atoms with E-state index in [-0.39, 0.29) is 11.5 Å². The largest absolute Gasteiger partial charge is 0.497 e. The van der Waals surface area contributed by atoms with Crippen LogP contribution in [0.4, 0.5) is 0 Å². The van der Waals surface area contributed by atoms with Crippen molar-refractivity contribution >= 4 is 44.7 Å². The molecule has 3 aromatic carbocycles. The Morgan fingerprint density at radius 3 is 2.46 bits per heavy atom. The van der Waals surface area contributed by atoms with Crippen LogP contribution in [-0.2, 0) is 6.42 Å². The van der Waals surface area contributed by atoms with Gasteiger partial charge in [-0.15, -0.1) is 0 Å². The highest BCUT2D eigenvalue weighted by atomic mass is 16.5. The van der Waals surface area contributed by atoms with E-state index >= 15 is 0 Å². The van der Waals surface area contributed by atoms with E-state index < -0.39 is 0 Å². The lowest BCUT2D eigenvalue weighted by Crippen LogP contribution is -2.26. The summed E-state index contributed by atoms with van der Waals surface area (Å²) in [5, 5.41) is 3.50. The molecule has 35 heavy (non-hydrogen) atoms. The lowest BCUT2D eigenvalue weighted by atomic mass is 10.1. The number of methoxy groups -OCH3 is 1. The molecule has 6 rings (SSSR count). The van der Waals surface area contributed by atoms with Gasteiger partial charge in [0.1, 0.15) is 22.5 Å². The summed E-state index contributed by atoms with van der Waals surface area (Å²) in [5.41, 5.74) is 4.49. The molecule has 0 radical (unpaired) electrons. The van der Waals surface area contributed by atoms with Crippen molar-refractivity contribution < 1.29 is 9.53 Å². The molecule has 2 N–H and O–H groups in total. The Kier molecular flexibility index (Phi) is 4.92. The maximum absolute atomic E-state index is 13.5. The van der Waals surface area contributed by atoms with Crippen molar-refractivity contribution in [3.63, 3.8) is 0 Å². The van der Waals surface area contributed by atoms with Crippen molar-refractivity contribution in [2.24, 2.45) is 0 Å². The van der Waals surface area contributed by atoms with Gasteiger partial charge in [-0.05, 0) is 48.4 Å². The zero-order valence-electron chi connectivity index (χ0n) is 18.9. The van der Waals surface area contributed by atoms with Gasteiger partial charge < -0.3 is 15.0 Å². The zero-order chi connectivity index (χ0) is 23.9. The van der Waals surface area contributed by atoms with Gasteiger partial charge in [-0.2, -0.15) is 0 Å². The molecule has 3 heterocycles. The van der Waals surface area contributed by atoms with Crippen molar-refractivity contribution in [2.45, 2.75) is 6.42 Å². The highest BCUT2D eigenvalue weighted by molar-refractivity contribution is 6.13. The third kappa shape index (κ3) is 3.47. The van der Waals surface area contributed by atoms with Crippen LogP contribution < -0.4 is 15.6 Å². The first-order valence-corrected chi connectivity index (χ1v) is 11.3. The number of nitrogens with one attached hydrogen (secondary N) is 2. The van der Waals surface area contributed by atoms with E-state index in [1.54, 1.807) is 13.2 Å². The van der Waals surface area contributed by atoms with Gasteiger partial charge in [0.05, 0.1) is 29.0 Å². The molecule has 6 aromatic rings. The van der Waals surface area contributed by atoms with Crippen LogP contribution in [0.2, 0.25) is 0 Å². The Hall–Kier alpha value is -4.72. The van der Waals surface area contributed by atoms with Gasteiger partial charge in [0.25, 0.3) is 11.5 Å². The van der Waals surface area contributed by atoms with Gasteiger partial charge in [-0.25, -0.2) is 9.97 Å². The fourth-order valence-electron chi connectivity index (χ4n) is 4.45. The quantitative estimate of drug-likeness (QED) is 0.404. The number of H-pyrrole nitrogens is 1. The number of carbonyl (C=O) groups is 1. The number of fused-ring (bicyclic) bond motifs is 6. The summed E-state index contributed by atoms with van der Waals surface area (Å²) in [7, 11) is 1.63. The maximum atomic E-state index is 13.5. The van der Waals surface area contributed by atoms with E-state index in [1.807, 2.05) is 71.1 Å². The lowest BCUT2D eigenvalue weighted by molar-refractivity contribution is 0.0957. The summed E-state index contributed by atoms with van der Waals surface area (Å²) in [6.07, 6.45) is 0.646. The van der Waals surface area contributed by atoms with Crippen LogP contribution in [0.25, 0.3) is 38.7 Å². The smallest absolute Gasteiger partial charge is 0.258 e. The first-order chi connectivity index (χ1) is 17.1. The number of benzene rings is 3. The van der Waals surface area contributed by atoms with E-state index in [0.717, 1.165) is 11.3 Å². The highest BCUT2D eigenvalue weighted by Crippen LogP contribution is 2.27. The summed E-state index contributed by atoms with van der Waals surface area (Å²) >= 11 is 0. The Morgan fingerprint density at radius 2 is 1.69 bits per heavy atom. The number of rotatable bonds is 5. The standard InChI is InChI=1S/C27H21N5O3/c1-35-17-12-10-16(11-13-17)14-15-28-27(34)22-23-25(30-20-8-4-3-7-19(20)29-23)32-21-9-5-2-6-18(21)26(33)31-24(22)32/h2-13H,14-15H2,1H3,(H,28,34)(H,31,33).